The van der Waals surface area contributed by atoms with E-state index in [0.29, 0.717) is 26.0 Å². The predicted octanol–water partition coefficient (Wildman–Crippen LogP) is 5.13. The Labute approximate surface area is 123 Å². The Morgan fingerprint density at radius 1 is 1.16 bits per heavy atom. The number of hydrogen-bond donors (Lipinski definition) is 1. The minimum atomic E-state index is -0.454. The van der Waals surface area contributed by atoms with Gasteiger partial charge in [-0.1, -0.05) is 29.3 Å². The average molecular weight is 313 g/mol. The lowest BCUT2D eigenvalue weighted by Gasteiger charge is -2.07. The predicted molar refractivity (Wildman–Crippen MR) is 78.4 cm³/mol. The highest BCUT2D eigenvalue weighted by Gasteiger charge is 2.13. The summed E-state index contributed by atoms with van der Waals surface area (Å²) in [7, 11) is 0. The molecule has 0 aliphatic carbocycles. The maximum atomic E-state index is 14.0. The summed E-state index contributed by atoms with van der Waals surface area (Å²) in [6, 6.07) is 9.80. The van der Waals surface area contributed by atoms with E-state index in [4.69, 9.17) is 35.4 Å². The standard InChI is InChI=1S/C13H7Cl2FN2S/c14-7-4-5-11(9(16)6-7)18-12-8(15)2-1-3-10(12)17-13(18)19/h1-6H,(H,17,19). The van der Waals surface area contributed by atoms with Crippen LogP contribution in [-0.2, 0) is 0 Å². The van der Waals surface area contributed by atoms with Gasteiger partial charge >= 0.3 is 0 Å². The summed E-state index contributed by atoms with van der Waals surface area (Å²) in [4.78, 5) is 3.00. The van der Waals surface area contributed by atoms with Crippen LogP contribution in [0, 0.1) is 10.6 Å². The van der Waals surface area contributed by atoms with Gasteiger partial charge in [-0.3, -0.25) is 4.57 Å². The lowest BCUT2D eigenvalue weighted by Crippen LogP contribution is -1.98. The monoisotopic (exact) mass is 312 g/mol. The lowest BCUT2D eigenvalue weighted by atomic mass is 10.2. The van der Waals surface area contributed by atoms with Crippen LogP contribution in [0.15, 0.2) is 36.4 Å². The van der Waals surface area contributed by atoms with Crippen LogP contribution in [0.25, 0.3) is 16.7 Å². The van der Waals surface area contributed by atoms with Gasteiger partial charge in [-0.15, -0.1) is 0 Å². The summed E-state index contributed by atoms with van der Waals surface area (Å²) < 4.78 is 16.0. The molecule has 0 unspecified atom stereocenters. The summed E-state index contributed by atoms with van der Waals surface area (Å²) in [6.07, 6.45) is 0. The molecule has 0 fully saturated rings. The van der Waals surface area contributed by atoms with Crippen LogP contribution in [-0.4, -0.2) is 9.55 Å². The molecule has 0 aliphatic rings. The van der Waals surface area contributed by atoms with Gasteiger partial charge < -0.3 is 4.98 Å². The molecule has 96 valence electrons. The number of benzene rings is 2. The van der Waals surface area contributed by atoms with Crippen LogP contribution in [0.3, 0.4) is 0 Å². The van der Waals surface area contributed by atoms with Gasteiger partial charge in [0.05, 0.1) is 21.7 Å². The number of hydrogen-bond acceptors (Lipinski definition) is 1. The first kappa shape index (κ1) is 12.7. The molecule has 0 saturated heterocycles. The molecule has 3 rings (SSSR count). The van der Waals surface area contributed by atoms with Gasteiger partial charge in [0, 0.05) is 5.02 Å². The Kier molecular flexibility index (Phi) is 3.09. The highest BCUT2D eigenvalue weighted by Crippen LogP contribution is 2.28. The summed E-state index contributed by atoms with van der Waals surface area (Å²) in [5.74, 6) is -0.454. The fourth-order valence-corrected chi connectivity index (χ4v) is 2.73. The van der Waals surface area contributed by atoms with Crippen molar-refractivity contribution in [2.75, 3.05) is 0 Å². The zero-order chi connectivity index (χ0) is 13.6. The third kappa shape index (κ3) is 2.06. The third-order valence-electron chi connectivity index (χ3n) is 2.81. The summed E-state index contributed by atoms with van der Waals surface area (Å²) >= 11 is 17.2. The molecule has 0 saturated carbocycles. The quantitative estimate of drug-likeness (QED) is 0.617. The molecule has 1 heterocycles. The molecule has 6 heteroatoms. The van der Waals surface area contributed by atoms with Crippen LogP contribution in [0.2, 0.25) is 10.0 Å². The van der Waals surface area contributed by atoms with Crippen LogP contribution in [0.4, 0.5) is 4.39 Å². The second-order valence-electron chi connectivity index (χ2n) is 4.00. The Balaban J connectivity index is 2.42. The lowest BCUT2D eigenvalue weighted by molar-refractivity contribution is 0.619. The maximum absolute atomic E-state index is 14.0. The first-order valence-corrected chi connectivity index (χ1v) is 6.59. The molecular formula is C13H7Cl2FN2S. The van der Waals surface area contributed by atoms with Gasteiger partial charge in [0.15, 0.2) is 4.77 Å². The van der Waals surface area contributed by atoms with E-state index < -0.39 is 5.82 Å². The van der Waals surface area contributed by atoms with Gasteiger partial charge in [-0.25, -0.2) is 4.39 Å². The minimum Gasteiger partial charge on any atom is -0.330 e. The van der Waals surface area contributed by atoms with Crippen molar-refractivity contribution in [3.63, 3.8) is 0 Å². The third-order valence-corrected chi connectivity index (χ3v) is 3.63. The number of para-hydroxylation sites is 1. The number of nitrogens with one attached hydrogen (secondary N) is 1. The van der Waals surface area contributed by atoms with Gasteiger partial charge in [-0.2, -0.15) is 0 Å². The smallest absolute Gasteiger partial charge is 0.182 e. The molecule has 0 aliphatic heterocycles. The molecular weight excluding hydrogens is 306 g/mol. The first-order chi connectivity index (χ1) is 9.08. The van der Waals surface area contributed by atoms with E-state index in [1.165, 1.54) is 6.07 Å². The van der Waals surface area contributed by atoms with Crippen molar-refractivity contribution in [2.45, 2.75) is 0 Å². The van der Waals surface area contributed by atoms with E-state index in [2.05, 4.69) is 4.98 Å². The second-order valence-corrected chi connectivity index (χ2v) is 5.23. The van der Waals surface area contributed by atoms with E-state index in [0.717, 1.165) is 5.52 Å². The van der Waals surface area contributed by atoms with Crippen LogP contribution >= 0.6 is 35.4 Å². The molecule has 0 spiro atoms. The number of fused-ring (bicyclic) bond motifs is 1. The highest BCUT2D eigenvalue weighted by molar-refractivity contribution is 7.71. The fourth-order valence-electron chi connectivity index (χ4n) is 2.01. The van der Waals surface area contributed by atoms with E-state index in [1.807, 2.05) is 6.07 Å². The van der Waals surface area contributed by atoms with Crippen molar-refractivity contribution in [1.29, 1.82) is 0 Å². The van der Waals surface area contributed by atoms with Crippen LogP contribution < -0.4 is 0 Å². The van der Waals surface area contributed by atoms with E-state index in [-0.39, 0.29) is 0 Å². The number of rotatable bonds is 1. The SMILES string of the molecule is Fc1cc(Cl)ccc1-n1c(=S)[nH]c2cccc(Cl)c21. The Morgan fingerprint density at radius 3 is 2.68 bits per heavy atom. The molecule has 1 aromatic heterocycles. The molecule has 0 atom stereocenters. The second kappa shape index (κ2) is 4.63. The molecule has 19 heavy (non-hydrogen) atoms. The molecule has 0 bridgehead atoms. The van der Waals surface area contributed by atoms with Gasteiger partial charge in [0.1, 0.15) is 5.82 Å². The molecule has 0 radical (unpaired) electrons. The van der Waals surface area contributed by atoms with Crippen LogP contribution in [0.1, 0.15) is 0 Å². The molecule has 2 nitrogen and oxygen atoms in total. The Hall–Kier alpha value is -1.36. The largest absolute Gasteiger partial charge is 0.330 e. The minimum absolute atomic E-state index is 0.314. The number of nitrogens with zero attached hydrogens (tertiary/aromatic N) is 1. The Morgan fingerprint density at radius 2 is 1.95 bits per heavy atom. The average Bonchev–Trinajstić information content (AvgIpc) is 2.67. The van der Waals surface area contributed by atoms with Crippen LogP contribution in [0.5, 0.6) is 0 Å². The molecule has 3 aromatic rings. The normalized spacial score (nSPS) is 11.1. The van der Waals surface area contributed by atoms with E-state index >= 15 is 0 Å². The van der Waals surface area contributed by atoms with E-state index in [1.54, 1.807) is 28.8 Å². The maximum Gasteiger partial charge on any atom is 0.182 e. The number of halogens is 3. The topological polar surface area (TPSA) is 20.7 Å². The fraction of sp³-hybridized carbons (Fsp3) is 0. The summed E-state index contributed by atoms with van der Waals surface area (Å²) in [6.45, 7) is 0. The first-order valence-electron chi connectivity index (χ1n) is 5.42. The van der Waals surface area contributed by atoms with Crippen molar-refractivity contribution in [1.82, 2.24) is 9.55 Å². The molecule has 0 amide bonds. The number of imidazole rings is 1. The van der Waals surface area contributed by atoms with Gasteiger partial charge in [0.2, 0.25) is 0 Å². The van der Waals surface area contributed by atoms with Crippen molar-refractivity contribution in [2.24, 2.45) is 0 Å². The number of H-pyrrole nitrogens is 1. The number of aromatic nitrogens is 2. The van der Waals surface area contributed by atoms with Gasteiger partial charge in [-0.05, 0) is 42.5 Å². The van der Waals surface area contributed by atoms with Crippen molar-refractivity contribution < 1.29 is 4.39 Å². The van der Waals surface area contributed by atoms with E-state index in [9.17, 15) is 4.39 Å². The highest BCUT2D eigenvalue weighted by atomic mass is 35.5. The summed E-state index contributed by atoms with van der Waals surface area (Å²) in [5, 5.41) is 0.831. The number of aromatic amines is 1. The van der Waals surface area contributed by atoms with Gasteiger partial charge in [0.25, 0.3) is 0 Å². The van der Waals surface area contributed by atoms with Crippen molar-refractivity contribution >= 4 is 46.5 Å². The molecule has 2 aromatic carbocycles. The van der Waals surface area contributed by atoms with Crippen molar-refractivity contribution in [3.05, 3.63) is 57.0 Å². The summed E-state index contributed by atoms with van der Waals surface area (Å²) in [5.41, 5.74) is 1.72. The Bertz CT molecular complexity index is 838. The van der Waals surface area contributed by atoms with Crippen molar-refractivity contribution in [3.8, 4) is 5.69 Å². The molecule has 1 N–H and O–H groups in total. The zero-order valence-electron chi connectivity index (χ0n) is 9.45. The zero-order valence-corrected chi connectivity index (χ0v) is 11.8.